The minimum absolute atomic E-state index is 0.574. The predicted octanol–water partition coefficient (Wildman–Crippen LogP) is -0.0117. The number of hydrogen-bond acceptors (Lipinski definition) is 4. The molecular formula is C11H16N5O+. The molecule has 0 aliphatic rings. The fourth-order valence-corrected chi connectivity index (χ4v) is 1.55. The van der Waals surface area contributed by atoms with E-state index in [1.807, 2.05) is 38.4 Å². The van der Waals surface area contributed by atoms with Gasteiger partial charge in [-0.1, -0.05) is 12.1 Å². The number of nitrogens with zero attached hydrogens (tertiary/aromatic N) is 3. The SMILES string of the molecule is CC(N)=C(O[n+]1[nH]nc2ccccc21)N(C)C. The molecule has 2 aromatic rings. The highest BCUT2D eigenvalue weighted by atomic mass is 16.7. The minimum Gasteiger partial charge on any atom is -0.398 e. The molecule has 2 rings (SSSR count). The molecule has 0 unspecified atom stereocenters. The number of nitrogens with two attached hydrogens (primary N) is 1. The summed E-state index contributed by atoms with van der Waals surface area (Å²) in [6, 6.07) is 7.66. The first-order chi connectivity index (χ1) is 8.09. The van der Waals surface area contributed by atoms with Crippen LogP contribution in [0.2, 0.25) is 0 Å². The van der Waals surface area contributed by atoms with Crippen LogP contribution in [-0.4, -0.2) is 29.3 Å². The van der Waals surface area contributed by atoms with Crippen molar-refractivity contribution in [3.63, 3.8) is 0 Å². The average molecular weight is 234 g/mol. The van der Waals surface area contributed by atoms with Crippen molar-refractivity contribution in [1.82, 2.24) is 15.2 Å². The number of para-hydroxylation sites is 2. The Bertz CT molecular complexity index is 554. The zero-order valence-corrected chi connectivity index (χ0v) is 10.1. The Morgan fingerprint density at radius 1 is 1.41 bits per heavy atom. The zero-order valence-electron chi connectivity index (χ0n) is 10.1. The number of benzene rings is 1. The van der Waals surface area contributed by atoms with Gasteiger partial charge in [0.15, 0.2) is 0 Å². The summed E-state index contributed by atoms with van der Waals surface area (Å²) in [6.45, 7) is 1.79. The van der Waals surface area contributed by atoms with Gasteiger partial charge < -0.3 is 10.6 Å². The van der Waals surface area contributed by atoms with Crippen molar-refractivity contribution >= 4 is 11.0 Å². The fraction of sp³-hybridized carbons (Fsp3) is 0.273. The molecule has 1 aromatic heterocycles. The first-order valence-corrected chi connectivity index (χ1v) is 5.27. The molecule has 1 aromatic carbocycles. The standard InChI is InChI=1S/C11H15N5O/c1-8(12)11(15(2)3)17-16-10-7-5-4-6-9(10)13-14-16/h4-7H,12H2,1-3H3/p+1. The molecule has 0 aliphatic carbocycles. The topological polar surface area (TPSA) is 71.0 Å². The van der Waals surface area contributed by atoms with Gasteiger partial charge in [0.25, 0.3) is 11.4 Å². The summed E-state index contributed by atoms with van der Waals surface area (Å²) in [5.74, 6) is 0.574. The van der Waals surface area contributed by atoms with Crippen LogP contribution in [0.25, 0.3) is 11.0 Å². The van der Waals surface area contributed by atoms with E-state index < -0.39 is 0 Å². The number of nitrogens with one attached hydrogen (secondary N) is 1. The van der Waals surface area contributed by atoms with Crippen molar-refractivity contribution in [3.8, 4) is 0 Å². The summed E-state index contributed by atoms with van der Waals surface area (Å²) in [7, 11) is 3.73. The van der Waals surface area contributed by atoms with Crippen LogP contribution >= 0.6 is 0 Å². The van der Waals surface area contributed by atoms with E-state index in [4.69, 9.17) is 10.6 Å². The largest absolute Gasteiger partial charge is 0.398 e. The third-order valence-corrected chi connectivity index (χ3v) is 2.28. The fourth-order valence-electron chi connectivity index (χ4n) is 1.55. The maximum Gasteiger partial charge on any atom is 0.269 e. The molecule has 0 radical (unpaired) electrons. The Morgan fingerprint density at radius 2 is 2.12 bits per heavy atom. The van der Waals surface area contributed by atoms with E-state index in [-0.39, 0.29) is 0 Å². The summed E-state index contributed by atoms with van der Waals surface area (Å²) >= 11 is 0. The van der Waals surface area contributed by atoms with Crippen molar-refractivity contribution < 1.29 is 9.68 Å². The summed E-state index contributed by atoms with van der Waals surface area (Å²) in [4.78, 5) is 8.96. The molecule has 0 spiro atoms. The van der Waals surface area contributed by atoms with Crippen LogP contribution in [0.15, 0.2) is 35.8 Å². The van der Waals surface area contributed by atoms with Crippen molar-refractivity contribution in [2.45, 2.75) is 6.92 Å². The maximum atomic E-state index is 5.76. The second-order valence-corrected chi connectivity index (χ2v) is 3.97. The highest BCUT2D eigenvalue weighted by Gasteiger charge is 2.16. The van der Waals surface area contributed by atoms with Gasteiger partial charge in [-0.25, -0.2) is 0 Å². The van der Waals surface area contributed by atoms with E-state index in [0.717, 1.165) is 11.0 Å². The number of fused-ring (bicyclic) bond motifs is 1. The van der Waals surface area contributed by atoms with E-state index in [9.17, 15) is 0 Å². The van der Waals surface area contributed by atoms with Crippen molar-refractivity contribution in [2.24, 2.45) is 5.73 Å². The van der Waals surface area contributed by atoms with Gasteiger partial charge in [-0.05, 0) is 24.3 Å². The molecule has 0 aliphatic heterocycles. The number of H-pyrrole nitrogens is 1. The van der Waals surface area contributed by atoms with E-state index in [0.29, 0.717) is 11.6 Å². The maximum absolute atomic E-state index is 5.76. The van der Waals surface area contributed by atoms with Gasteiger partial charge in [-0.3, -0.25) is 4.84 Å². The van der Waals surface area contributed by atoms with Crippen LogP contribution in [0.1, 0.15) is 6.92 Å². The lowest BCUT2D eigenvalue weighted by Gasteiger charge is -2.14. The molecule has 6 nitrogen and oxygen atoms in total. The van der Waals surface area contributed by atoms with Crippen molar-refractivity contribution in [2.75, 3.05) is 14.1 Å². The first-order valence-electron chi connectivity index (χ1n) is 5.27. The van der Waals surface area contributed by atoms with Gasteiger partial charge in [0, 0.05) is 24.0 Å². The zero-order chi connectivity index (χ0) is 12.4. The van der Waals surface area contributed by atoms with E-state index in [1.54, 1.807) is 11.8 Å². The molecule has 1 heterocycles. The van der Waals surface area contributed by atoms with Crippen LogP contribution in [0, 0.1) is 0 Å². The van der Waals surface area contributed by atoms with Gasteiger partial charge in [0.2, 0.25) is 5.52 Å². The Balaban J connectivity index is 2.39. The number of allylic oxidation sites excluding steroid dienone is 1. The Labute approximate surface area is 99.2 Å². The Hall–Kier alpha value is -2.24. The highest BCUT2D eigenvalue weighted by Crippen LogP contribution is 2.05. The van der Waals surface area contributed by atoms with Crippen molar-refractivity contribution in [3.05, 3.63) is 35.8 Å². The Morgan fingerprint density at radius 3 is 2.76 bits per heavy atom. The summed E-state index contributed by atoms with van der Waals surface area (Å²) in [6.07, 6.45) is 0. The number of hydrogen-bond donors (Lipinski definition) is 2. The molecule has 0 amide bonds. The molecule has 17 heavy (non-hydrogen) atoms. The summed E-state index contributed by atoms with van der Waals surface area (Å²) < 4.78 is 0. The molecule has 3 N–H and O–H groups in total. The first kappa shape index (κ1) is 11.3. The van der Waals surface area contributed by atoms with Crippen molar-refractivity contribution in [1.29, 1.82) is 0 Å². The number of aromatic nitrogens is 3. The second kappa shape index (κ2) is 4.32. The van der Waals surface area contributed by atoms with E-state index >= 15 is 0 Å². The lowest BCUT2D eigenvalue weighted by molar-refractivity contribution is -0.908. The molecular weight excluding hydrogens is 218 g/mol. The minimum atomic E-state index is 0.574. The smallest absolute Gasteiger partial charge is 0.269 e. The lowest BCUT2D eigenvalue weighted by atomic mass is 10.3. The monoisotopic (exact) mass is 234 g/mol. The third-order valence-electron chi connectivity index (χ3n) is 2.28. The van der Waals surface area contributed by atoms with Crippen LogP contribution in [0.5, 0.6) is 0 Å². The van der Waals surface area contributed by atoms with E-state index in [2.05, 4.69) is 10.3 Å². The second-order valence-electron chi connectivity index (χ2n) is 3.97. The van der Waals surface area contributed by atoms with Crippen LogP contribution in [-0.2, 0) is 0 Å². The molecule has 0 saturated heterocycles. The summed E-state index contributed by atoms with van der Waals surface area (Å²) in [5.41, 5.74) is 8.05. The third kappa shape index (κ3) is 2.15. The number of aromatic amines is 1. The Kier molecular flexibility index (Phi) is 2.86. The van der Waals surface area contributed by atoms with E-state index in [1.165, 1.54) is 4.85 Å². The molecule has 0 saturated carbocycles. The van der Waals surface area contributed by atoms with Gasteiger partial charge in [-0.15, -0.1) is 0 Å². The van der Waals surface area contributed by atoms with Crippen LogP contribution in [0.3, 0.4) is 0 Å². The van der Waals surface area contributed by atoms with Gasteiger partial charge in [0.05, 0.1) is 5.70 Å². The molecule has 0 fully saturated rings. The molecule has 6 heteroatoms. The molecule has 0 bridgehead atoms. The number of rotatable bonds is 3. The predicted molar refractivity (Wildman–Crippen MR) is 63.4 cm³/mol. The van der Waals surface area contributed by atoms with Gasteiger partial charge in [0.1, 0.15) is 0 Å². The molecule has 90 valence electrons. The average Bonchev–Trinajstić information content (AvgIpc) is 2.68. The van der Waals surface area contributed by atoms with Gasteiger partial charge in [-0.2, -0.15) is 0 Å². The summed E-state index contributed by atoms with van der Waals surface area (Å²) in [5, 5.41) is 6.90. The van der Waals surface area contributed by atoms with Crippen LogP contribution in [0.4, 0.5) is 0 Å². The lowest BCUT2D eigenvalue weighted by Crippen LogP contribution is -2.47. The van der Waals surface area contributed by atoms with Gasteiger partial charge >= 0.3 is 0 Å². The highest BCUT2D eigenvalue weighted by molar-refractivity contribution is 5.69. The van der Waals surface area contributed by atoms with Crippen LogP contribution < -0.4 is 15.4 Å². The molecule has 0 atom stereocenters. The normalized spacial score (nSPS) is 12.4. The quantitative estimate of drug-likeness (QED) is 0.579.